The van der Waals surface area contributed by atoms with Gasteiger partial charge in [-0.25, -0.2) is 0 Å². The Morgan fingerprint density at radius 1 is 1.00 bits per heavy atom. The van der Waals surface area contributed by atoms with Gasteiger partial charge in [0.2, 0.25) is 0 Å². The van der Waals surface area contributed by atoms with Gasteiger partial charge in [0.05, 0.1) is 0 Å². The fraction of sp³-hybridized carbons (Fsp3) is 0.167. The lowest BCUT2D eigenvalue weighted by molar-refractivity contribution is 0.957. The smallest absolute Gasteiger partial charge is 0.0371 e. The molecule has 0 aliphatic carbocycles. The summed E-state index contributed by atoms with van der Waals surface area (Å²) in [4.78, 5) is 2.21. The highest BCUT2D eigenvalue weighted by Gasteiger charge is 1.99. The monoisotopic (exact) mass is 190 g/mol. The Hall–Kier alpha value is -1.54. The summed E-state index contributed by atoms with van der Waals surface area (Å²) in [7, 11) is 0. The van der Waals surface area contributed by atoms with Crippen LogP contribution in [0.3, 0.4) is 0 Å². The third-order valence-electron chi connectivity index (χ3n) is 1.82. The van der Waals surface area contributed by atoms with Crippen molar-refractivity contribution in [1.29, 1.82) is 0 Å². The minimum absolute atomic E-state index is 0. The Balaban J connectivity index is 0.00000169. The number of anilines is 1. The van der Waals surface area contributed by atoms with E-state index in [0.29, 0.717) is 0 Å². The van der Waals surface area contributed by atoms with Crippen LogP contribution in [-0.4, -0.2) is 13.1 Å². The molecule has 3 N–H and O–H groups in total. The van der Waals surface area contributed by atoms with E-state index in [1.807, 2.05) is 30.4 Å². The molecule has 0 saturated heterocycles. The second-order valence-electron chi connectivity index (χ2n) is 2.82. The number of benzene rings is 1. The normalized spacial score (nSPS) is 8.57. The van der Waals surface area contributed by atoms with E-state index in [1.54, 1.807) is 0 Å². The van der Waals surface area contributed by atoms with Crippen LogP contribution in [0.4, 0.5) is 5.69 Å². The molecule has 1 aromatic carbocycles. The molecule has 1 rings (SSSR count). The molecule has 0 unspecified atom stereocenters. The molecule has 0 aromatic heterocycles. The van der Waals surface area contributed by atoms with Crippen LogP contribution < -0.4 is 11.1 Å². The van der Waals surface area contributed by atoms with E-state index in [9.17, 15) is 0 Å². The summed E-state index contributed by atoms with van der Waals surface area (Å²) in [5, 5.41) is 0. The lowest BCUT2D eigenvalue weighted by atomic mass is 10.3. The molecule has 0 spiro atoms. The molecule has 0 atom stereocenters. The first-order chi connectivity index (χ1) is 6.38. The Bertz CT molecular complexity index is 257. The van der Waals surface area contributed by atoms with Crippen LogP contribution in [0, 0.1) is 0 Å². The van der Waals surface area contributed by atoms with Gasteiger partial charge in [0.1, 0.15) is 0 Å². The summed E-state index contributed by atoms with van der Waals surface area (Å²) >= 11 is 0. The summed E-state index contributed by atoms with van der Waals surface area (Å²) in [5.41, 5.74) is 1.21. The Morgan fingerprint density at radius 3 is 1.93 bits per heavy atom. The summed E-state index contributed by atoms with van der Waals surface area (Å²) in [6.45, 7) is 9.18. The molecule has 0 bridgehead atoms. The van der Waals surface area contributed by atoms with Gasteiger partial charge in [0.25, 0.3) is 0 Å². The van der Waals surface area contributed by atoms with Crippen molar-refractivity contribution in [3.05, 3.63) is 55.6 Å². The van der Waals surface area contributed by atoms with Crippen molar-refractivity contribution in [2.45, 2.75) is 0 Å². The predicted molar refractivity (Wildman–Crippen MR) is 64.1 cm³/mol. The first kappa shape index (κ1) is 12.5. The summed E-state index contributed by atoms with van der Waals surface area (Å²) in [5.74, 6) is 0. The predicted octanol–water partition coefficient (Wildman–Crippen LogP) is 3.03. The zero-order chi connectivity index (χ0) is 9.52. The Morgan fingerprint density at radius 2 is 1.50 bits per heavy atom. The SMILES string of the molecule is C=CCN(CC=C)c1ccccc1.N. The first-order valence-electron chi connectivity index (χ1n) is 4.40. The van der Waals surface area contributed by atoms with Crippen molar-refractivity contribution >= 4 is 5.69 Å². The van der Waals surface area contributed by atoms with Crippen LogP contribution in [0.25, 0.3) is 0 Å². The largest absolute Gasteiger partial charge is 0.364 e. The summed E-state index contributed by atoms with van der Waals surface area (Å²) in [6, 6.07) is 10.3. The van der Waals surface area contributed by atoms with Gasteiger partial charge in [0, 0.05) is 18.8 Å². The van der Waals surface area contributed by atoms with Crippen molar-refractivity contribution in [3.63, 3.8) is 0 Å². The highest BCUT2D eigenvalue weighted by atomic mass is 15.1. The molecule has 2 heteroatoms. The highest BCUT2D eigenvalue weighted by Crippen LogP contribution is 2.12. The molecule has 0 heterocycles. The lowest BCUT2D eigenvalue weighted by Gasteiger charge is -2.21. The maximum Gasteiger partial charge on any atom is 0.0371 e. The average molecular weight is 190 g/mol. The average Bonchev–Trinajstić information content (AvgIpc) is 2.19. The standard InChI is InChI=1S/C12H15N.H3N/c1-3-10-13(11-4-2)12-8-6-5-7-9-12;/h3-9H,1-2,10-11H2;1H3. The van der Waals surface area contributed by atoms with Crippen molar-refractivity contribution < 1.29 is 0 Å². The minimum Gasteiger partial charge on any atom is -0.364 e. The molecule has 0 aliphatic rings. The van der Waals surface area contributed by atoms with Crippen LogP contribution in [0.2, 0.25) is 0 Å². The number of hydrogen-bond acceptors (Lipinski definition) is 2. The molecule has 14 heavy (non-hydrogen) atoms. The van der Waals surface area contributed by atoms with Crippen molar-refractivity contribution in [1.82, 2.24) is 6.15 Å². The van der Waals surface area contributed by atoms with Gasteiger partial charge in [-0.15, -0.1) is 13.2 Å². The zero-order valence-corrected chi connectivity index (χ0v) is 8.52. The van der Waals surface area contributed by atoms with E-state index >= 15 is 0 Å². The van der Waals surface area contributed by atoms with Gasteiger partial charge in [-0.3, -0.25) is 0 Å². The van der Waals surface area contributed by atoms with E-state index < -0.39 is 0 Å². The fourth-order valence-electron chi connectivity index (χ4n) is 1.24. The molecular weight excluding hydrogens is 172 g/mol. The molecule has 1 aromatic rings. The van der Waals surface area contributed by atoms with Gasteiger partial charge < -0.3 is 11.1 Å². The van der Waals surface area contributed by atoms with E-state index in [2.05, 4.69) is 30.2 Å². The van der Waals surface area contributed by atoms with Crippen LogP contribution >= 0.6 is 0 Å². The highest BCUT2D eigenvalue weighted by molar-refractivity contribution is 5.47. The van der Waals surface area contributed by atoms with Gasteiger partial charge in [0.15, 0.2) is 0 Å². The van der Waals surface area contributed by atoms with Crippen LogP contribution in [-0.2, 0) is 0 Å². The topological polar surface area (TPSA) is 38.2 Å². The molecule has 0 amide bonds. The quantitative estimate of drug-likeness (QED) is 0.725. The zero-order valence-electron chi connectivity index (χ0n) is 8.52. The molecule has 0 saturated carbocycles. The second-order valence-corrected chi connectivity index (χ2v) is 2.82. The maximum atomic E-state index is 3.73. The lowest BCUT2D eigenvalue weighted by Crippen LogP contribution is -2.22. The van der Waals surface area contributed by atoms with Crippen molar-refractivity contribution in [2.24, 2.45) is 0 Å². The van der Waals surface area contributed by atoms with Gasteiger partial charge in [-0.1, -0.05) is 30.4 Å². The third kappa shape index (κ3) is 3.46. The Kier molecular flexibility index (Phi) is 6.16. The summed E-state index contributed by atoms with van der Waals surface area (Å²) in [6.07, 6.45) is 3.80. The van der Waals surface area contributed by atoms with Crippen molar-refractivity contribution in [2.75, 3.05) is 18.0 Å². The number of para-hydroxylation sites is 1. The number of rotatable bonds is 5. The Labute approximate surface area is 86.1 Å². The molecule has 0 aliphatic heterocycles. The van der Waals surface area contributed by atoms with E-state index in [-0.39, 0.29) is 6.15 Å². The minimum atomic E-state index is 0. The van der Waals surface area contributed by atoms with Gasteiger partial charge >= 0.3 is 0 Å². The molecule has 2 nitrogen and oxygen atoms in total. The van der Waals surface area contributed by atoms with E-state index in [0.717, 1.165) is 13.1 Å². The molecule has 0 fully saturated rings. The van der Waals surface area contributed by atoms with Crippen LogP contribution in [0.1, 0.15) is 0 Å². The number of nitrogens with zero attached hydrogens (tertiary/aromatic N) is 1. The summed E-state index contributed by atoms with van der Waals surface area (Å²) < 4.78 is 0. The van der Waals surface area contributed by atoms with E-state index in [4.69, 9.17) is 0 Å². The molecule has 76 valence electrons. The third-order valence-corrected chi connectivity index (χ3v) is 1.82. The van der Waals surface area contributed by atoms with Gasteiger partial charge in [-0.05, 0) is 12.1 Å². The number of hydrogen-bond donors (Lipinski definition) is 1. The van der Waals surface area contributed by atoms with Gasteiger partial charge in [-0.2, -0.15) is 0 Å². The van der Waals surface area contributed by atoms with Crippen LogP contribution in [0.5, 0.6) is 0 Å². The first-order valence-corrected chi connectivity index (χ1v) is 4.40. The fourth-order valence-corrected chi connectivity index (χ4v) is 1.24. The molecular formula is C12H18N2. The maximum absolute atomic E-state index is 3.73. The van der Waals surface area contributed by atoms with E-state index in [1.165, 1.54) is 5.69 Å². The van der Waals surface area contributed by atoms with Crippen LogP contribution in [0.15, 0.2) is 55.6 Å². The molecule has 0 radical (unpaired) electrons. The second kappa shape index (κ2) is 6.92. The van der Waals surface area contributed by atoms with Crippen molar-refractivity contribution in [3.8, 4) is 0 Å².